The summed E-state index contributed by atoms with van der Waals surface area (Å²) in [4.78, 5) is 4.08. The van der Waals surface area contributed by atoms with Crippen molar-refractivity contribution in [3.05, 3.63) is 24.3 Å². The van der Waals surface area contributed by atoms with Crippen molar-refractivity contribution in [3.63, 3.8) is 0 Å². The first kappa shape index (κ1) is 13.5. The number of fused-ring (bicyclic) bond motifs is 1. The third-order valence-electron chi connectivity index (χ3n) is 3.65. The molecule has 20 heavy (non-hydrogen) atoms. The molecule has 6 nitrogen and oxygen atoms in total. The highest BCUT2D eigenvalue weighted by Gasteiger charge is 2.33. The summed E-state index contributed by atoms with van der Waals surface area (Å²) in [5.74, 6) is 0.211. The first-order valence-corrected chi connectivity index (χ1v) is 8.11. The standard InChI is InChI=1S/C13H17N3O3S/c14-8-10-4-3-7-16(9-10)20(17,18)13-15-11-5-1-2-6-12(11)19-13/h1-2,5-6,10H,3-4,7-9,14H2. The first-order valence-electron chi connectivity index (χ1n) is 6.67. The fourth-order valence-electron chi connectivity index (χ4n) is 2.51. The lowest BCUT2D eigenvalue weighted by Crippen LogP contribution is -2.42. The SMILES string of the molecule is NCC1CCCN(S(=O)(=O)c2nc3ccccc3o2)C1. The molecule has 3 rings (SSSR count). The summed E-state index contributed by atoms with van der Waals surface area (Å²) >= 11 is 0. The average molecular weight is 295 g/mol. The van der Waals surface area contributed by atoms with E-state index >= 15 is 0 Å². The largest absolute Gasteiger partial charge is 0.427 e. The molecule has 2 N–H and O–H groups in total. The van der Waals surface area contributed by atoms with Crippen LogP contribution in [0.15, 0.2) is 33.9 Å². The summed E-state index contributed by atoms with van der Waals surface area (Å²) in [6.45, 7) is 1.44. The van der Waals surface area contributed by atoms with Crippen LogP contribution < -0.4 is 5.73 Å². The number of piperidine rings is 1. The number of hydrogen-bond donors (Lipinski definition) is 1. The van der Waals surface area contributed by atoms with Crippen molar-refractivity contribution in [2.75, 3.05) is 19.6 Å². The van der Waals surface area contributed by atoms with Gasteiger partial charge < -0.3 is 10.2 Å². The second-order valence-corrected chi connectivity index (χ2v) is 6.87. The van der Waals surface area contributed by atoms with Gasteiger partial charge in [0.15, 0.2) is 5.58 Å². The Morgan fingerprint density at radius 3 is 2.95 bits per heavy atom. The van der Waals surface area contributed by atoms with Gasteiger partial charge in [0.25, 0.3) is 10.0 Å². The van der Waals surface area contributed by atoms with Gasteiger partial charge in [0.2, 0.25) is 0 Å². The number of rotatable bonds is 3. The van der Waals surface area contributed by atoms with E-state index in [0.29, 0.717) is 30.7 Å². The third-order valence-corrected chi connectivity index (χ3v) is 5.28. The van der Waals surface area contributed by atoms with Gasteiger partial charge in [-0.25, -0.2) is 8.42 Å². The van der Waals surface area contributed by atoms with E-state index in [1.165, 1.54) is 4.31 Å². The molecule has 1 aliphatic rings. The predicted molar refractivity (Wildman–Crippen MR) is 74.5 cm³/mol. The summed E-state index contributed by atoms with van der Waals surface area (Å²) in [5.41, 5.74) is 6.69. The van der Waals surface area contributed by atoms with Crippen LogP contribution >= 0.6 is 0 Å². The van der Waals surface area contributed by atoms with Crippen molar-refractivity contribution in [3.8, 4) is 0 Å². The van der Waals surface area contributed by atoms with Gasteiger partial charge in [-0.05, 0) is 37.4 Å². The quantitative estimate of drug-likeness (QED) is 0.918. The number of aromatic nitrogens is 1. The van der Waals surface area contributed by atoms with Crippen molar-refractivity contribution in [2.45, 2.75) is 18.1 Å². The van der Waals surface area contributed by atoms with Crippen molar-refractivity contribution in [1.82, 2.24) is 9.29 Å². The Morgan fingerprint density at radius 1 is 1.40 bits per heavy atom. The topological polar surface area (TPSA) is 89.4 Å². The molecule has 0 amide bonds. The molecule has 1 unspecified atom stereocenters. The number of oxazole rings is 1. The number of hydrogen-bond acceptors (Lipinski definition) is 5. The van der Waals surface area contributed by atoms with Gasteiger partial charge in [0, 0.05) is 13.1 Å². The van der Waals surface area contributed by atoms with E-state index in [1.54, 1.807) is 24.3 Å². The van der Waals surface area contributed by atoms with E-state index < -0.39 is 10.0 Å². The molecule has 2 heterocycles. The molecule has 1 aromatic heterocycles. The highest BCUT2D eigenvalue weighted by atomic mass is 32.2. The van der Waals surface area contributed by atoms with E-state index in [9.17, 15) is 8.42 Å². The van der Waals surface area contributed by atoms with Crippen LogP contribution in [-0.4, -0.2) is 37.3 Å². The third kappa shape index (κ3) is 2.32. The highest BCUT2D eigenvalue weighted by molar-refractivity contribution is 7.88. The molecule has 2 aromatic rings. The molecular formula is C13H17N3O3S. The van der Waals surface area contributed by atoms with Crippen LogP contribution in [-0.2, 0) is 10.0 Å². The smallest absolute Gasteiger partial charge is 0.332 e. The van der Waals surface area contributed by atoms with Gasteiger partial charge in [0.1, 0.15) is 5.52 Å². The average Bonchev–Trinajstić information content (AvgIpc) is 2.92. The Morgan fingerprint density at radius 2 is 2.20 bits per heavy atom. The molecule has 0 bridgehead atoms. The Balaban J connectivity index is 1.94. The normalized spacial score (nSPS) is 21.4. The van der Waals surface area contributed by atoms with E-state index in [4.69, 9.17) is 10.2 Å². The molecule has 0 spiro atoms. The van der Waals surface area contributed by atoms with Gasteiger partial charge in [-0.15, -0.1) is 0 Å². The molecule has 1 aromatic carbocycles. The van der Waals surface area contributed by atoms with Crippen molar-refractivity contribution in [1.29, 1.82) is 0 Å². The van der Waals surface area contributed by atoms with Crippen molar-refractivity contribution < 1.29 is 12.8 Å². The fourth-order valence-corrected chi connectivity index (χ4v) is 3.92. The number of benzene rings is 1. The lowest BCUT2D eigenvalue weighted by molar-refractivity contribution is 0.265. The molecular weight excluding hydrogens is 278 g/mol. The Kier molecular flexibility index (Phi) is 3.49. The monoisotopic (exact) mass is 295 g/mol. The van der Waals surface area contributed by atoms with E-state index in [-0.39, 0.29) is 11.1 Å². The lowest BCUT2D eigenvalue weighted by Gasteiger charge is -2.29. The van der Waals surface area contributed by atoms with Gasteiger partial charge in [-0.3, -0.25) is 0 Å². The minimum atomic E-state index is -3.67. The van der Waals surface area contributed by atoms with Gasteiger partial charge in [0.05, 0.1) is 0 Å². The summed E-state index contributed by atoms with van der Waals surface area (Å²) < 4.78 is 31.9. The van der Waals surface area contributed by atoms with E-state index in [0.717, 1.165) is 12.8 Å². The summed E-state index contributed by atoms with van der Waals surface area (Å²) in [5, 5.41) is -0.226. The molecule has 7 heteroatoms. The molecule has 0 saturated carbocycles. The van der Waals surface area contributed by atoms with Crippen LogP contribution in [0.5, 0.6) is 0 Å². The molecule has 0 radical (unpaired) electrons. The fraction of sp³-hybridized carbons (Fsp3) is 0.462. The van der Waals surface area contributed by atoms with Crippen LogP contribution in [0.2, 0.25) is 0 Å². The Labute approximate surface area is 117 Å². The Hall–Kier alpha value is -1.44. The van der Waals surface area contributed by atoms with Crippen LogP contribution in [0.25, 0.3) is 11.1 Å². The van der Waals surface area contributed by atoms with Crippen LogP contribution in [0.4, 0.5) is 0 Å². The van der Waals surface area contributed by atoms with Crippen LogP contribution in [0.3, 0.4) is 0 Å². The van der Waals surface area contributed by atoms with E-state index in [1.807, 2.05) is 0 Å². The van der Waals surface area contributed by atoms with E-state index in [2.05, 4.69) is 4.98 Å². The van der Waals surface area contributed by atoms with Crippen LogP contribution in [0.1, 0.15) is 12.8 Å². The molecule has 0 aliphatic carbocycles. The second-order valence-electron chi connectivity index (χ2n) is 5.05. The number of nitrogens with two attached hydrogens (primary N) is 1. The van der Waals surface area contributed by atoms with Gasteiger partial charge >= 0.3 is 5.22 Å². The zero-order valence-corrected chi connectivity index (χ0v) is 11.8. The first-order chi connectivity index (χ1) is 9.61. The number of sulfonamides is 1. The minimum absolute atomic E-state index is 0.211. The summed E-state index contributed by atoms with van der Waals surface area (Å²) in [6, 6.07) is 7.03. The van der Waals surface area contributed by atoms with Gasteiger partial charge in [-0.2, -0.15) is 9.29 Å². The number of para-hydroxylation sites is 2. The zero-order chi connectivity index (χ0) is 14.2. The second kappa shape index (κ2) is 5.16. The minimum Gasteiger partial charge on any atom is -0.427 e. The molecule has 1 aliphatic heterocycles. The zero-order valence-electron chi connectivity index (χ0n) is 11.0. The maximum atomic E-state index is 12.5. The summed E-state index contributed by atoms with van der Waals surface area (Å²) in [6.07, 6.45) is 1.79. The maximum Gasteiger partial charge on any atom is 0.332 e. The van der Waals surface area contributed by atoms with Crippen molar-refractivity contribution >= 4 is 21.1 Å². The van der Waals surface area contributed by atoms with Crippen molar-refractivity contribution in [2.24, 2.45) is 11.7 Å². The van der Waals surface area contributed by atoms with Crippen LogP contribution in [0, 0.1) is 5.92 Å². The molecule has 1 atom stereocenters. The molecule has 108 valence electrons. The maximum absolute atomic E-state index is 12.5. The summed E-state index contributed by atoms with van der Waals surface area (Å²) in [7, 11) is -3.67. The lowest BCUT2D eigenvalue weighted by atomic mass is 10.0. The number of nitrogens with zero attached hydrogens (tertiary/aromatic N) is 2. The molecule has 1 saturated heterocycles. The Bertz CT molecular complexity index is 677. The predicted octanol–water partition coefficient (Wildman–Crippen LogP) is 1.19. The highest BCUT2D eigenvalue weighted by Crippen LogP contribution is 2.25. The van der Waals surface area contributed by atoms with Gasteiger partial charge in [-0.1, -0.05) is 12.1 Å². The molecule has 1 fully saturated rings.